The number of carbonyl (C=O) groups excluding carboxylic acids is 2. The van der Waals surface area contributed by atoms with Crippen LogP contribution in [0.2, 0.25) is 0 Å². The van der Waals surface area contributed by atoms with E-state index in [4.69, 9.17) is 9.97 Å². The summed E-state index contributed by atoms with van der Waals surface area (Å²) < 4.78 is 0. The van der Waals surface area contributed by atoms with E-state index in [2.05, 4.69) is 20.8 Å². The quantitative estimate of drug-likeness (QED) is 0.798. The zero-order valence-corrected chi connectivity index (χ0v) is 18.0. The first kappa shape index (κ1) is 20.7. The van der Waals surface area contributed by atoms with Crippen LogP contribution < -0.4 is 0 Å². The van der Waals surface area contributed by atoms with Gasteiger partial charge in [-0.15, -0.1) is 0 Å². The summed E-state index contributed by atoms with van der Waals surface area (Å²) in [6.07, 6.45) is 4.06. The Labute approximate surface area is 168 Å². The topological polar surface area (TPSA) is 66.4 Å². The van der Waals surface area contributed by atoms with E-state index in [0.717, 1.165) is 61.7 Å². The largest absolute Gasteiger partial charge is 0.342 e. The molecule has 1 atom stereocenters. The van der Waals surface area contributed by atoms with Gasteiger partial charge in [0.25, 0.3) is 0 Å². The zero-order valence-electron chi connectivity index (χ0n) is 18.0. The van der Waals surface area contributed by atoms with Gasteiger partial charge in [-0.1, -0.05) is 20.8 Å². The highest BCUT2D eigenvalue weighted by atomic mass is 16.2. The van der Waals surface area contributed by atoms with Crippen molar-refractivity contribution < 1.29 is 9.59 Å². The van der Waals surface area contributed by atoms with Crippen molar-refractivity contribution in [3.8, 4) is 0 Å². The third kappa shape index (κ3) is 4.89. The Morgan fingerprint density at radius 3 is 2.14 bits per heavy atom. The highest BCUT2D eigenvalue weighted by Gasteiger charge is 2.31. The molecule has 154 valence electrons. The van der Waals surface area contributed by atoms with Crippen LogP contribution >= 0.6 is 0 Å². The van der Waals surface area contributed by atoms with Crippen LogP contribution in [0.1, 0.15) is 75.1 Å². The maximum Gasteiger partial charge on any atom is 0.227 e. The number of nitrogens with zero attached hydrogens (tertiary/aromatic N) is 4. The van der Waals surface area contributed by atoms with E-state index in [9.17, 15) is 9.59 Å². The van der Waals surface area contributed by atoms with Crippen LogP contribution in [0.5, 0.6) is 0 Å². The van der Waals surface area contributed by atoms with Gasteiger partial charge in [-0.3, -0.25) is 9.59 Å². The SMILES string of the molecule is Cc1nc([C@@H]2CCN(C(=O)CC(C)(C)C)C2)nc(C)c1CC(=O)N1CCCC1. The number of carbonyl (C=O) groups is 2. The van der Waals surface area contributed by atoms with Crippen molar-refractivity contribution in [1.29, 1.82) is 0 Å². The van der Waals surface area contributed by atoms with Gasteiger partial charge in [0, 0.05) is 55.5 Å². The Balaban J connectivity index is 1.67. The number of likely N-dealkylation sites (tertiary alicyclic amines) is 2. The molecule has 3 rings (SSSR count). The predicted octanol–water partition coefficient (Wildman–Crippen LogP) is 3.01. The molecule has 0 radical (unpaired) electrons. The summed E-state index contributed by atoms with van der Waals surface area (Å²) in [4.78, 5) is 38.4. The molecule has 2 aliphatic heterocycles. The van der Waals surface area contributed by atoms with Crippen molar-refractivity contribution in [3.63, 3.8) is 0 Å². The number of rotatable bonds is 4. The van der Waals surface area contributed by atoms with Crippen molar-refractivity contribution in [2.75, 3.05) is 26.2 Å². The van der Waals surface area contributed by atoms with Gasteiger partial charge in [-0.25, -0.2) is 9.97 Å². The summed E-state index contributed by atoms with van der Waals surface area (Å²) in [5.41, 5.74) is 2.76. The molecule has 2 amide bonds. The number of hydrogen-bond acceptors (Lipinski definition) is 4. The van der Waals surface area contributed by atoms with Gasteiger partial charge in [0.05, 0.1) is 6.42 Å². The van der Waals surface area contributed by atoms with E-state index in [-0.39, 0.29) is 23.1 Å². The maximum atomic E-state index is 12.5. The third-order valence-corrected chi connectivity index (χ3v) is 5.81. The van der Waals surface area contributed by atoms with Gasteiger partial charge < -0.3 is 9.80 Å². The van der Waals surface area contributed by atoms with E-state index < -0.39 is 0 Å². The van der Waals surface area contributed by atoms with Gasteiger partial charge in [0.2, 0.25) is 11.8 Å². The molecule has 2 fully saturated rings. The lowest BCUT2D eigenvalue weighted by Crippen LogP contribution is -2.31. The molecule has 28 heavy (non-hydrogen) atoms. The fraction of sp³-hybridized carbons (Fsp3) is 0.727. The van der Waals surface area contributed by atoms with Gasteiger partial charge >= 0.3 is 0 Å². The van der Waals surface area contributed by atoms with E-state index in [1.165, 1.54) is 0 Å². The van der Waals surface area contributed by atoms with Crippen LogP contribution in [0.15, 0.2) is 0 Å². The van der Waals surface area contributed by atoms with Crippen LogP contribution in [0.4, 0.5) is 0 Å². The van der Waals surface area contributed by atoms with E-state index in [1.54, 1.807) is 0 Å². The lowest BCUT2D eigenvalue weighted by molar-refractivity contribution is -0.132. The smallest absolute Gasteiger partial charge is 0.227 e. The van der Waals surface area contributed by atoms with E-state index >= 15 is 0 Å². The standard InChI is InChI=1S/C22H34N4O2/c1-15-18(12-19(27)25-9-6-7-10-25)16(2)24-21(23-15)17-8-11-26(14-17)20(28)13-22(3,4)5/h17H,6-14H2,1-5H3/t17-/m1/s1. The Morgan fingerprint density at radius 2 is 1.57 bits per heavy atom. The highest BCUT2D eigenvalue weighted by molar-refractivity contribution is 5.79. The number of aryl methyl sites for hydroxylation is 2. The monoisotopic (exact) mass is 386 g/mol. The third-order valence-electron chi connectivity index (χ3n) is 5.81. The van der Waals surface area contributed by atoms with Gasteiger partial charge in [-0.05, 0) is 38.5 Å². The molecule has 6 heteroatoms. The highest BCUT2D eigenvalue weighted by Crippen LogP contribution is 2.29. The minimum Gasteiger partial charge on any atom is -0.342 e. The summed E-state index contributed by atoms with van der Waals surface area (Å²) in [6, 6.07) is 0. The fourth-order valence-corrected chi connectivity index (χ4v) is 4.20. The van der Waals surface area contributed by atoms with Crippen LogP contribution in [-0.2, 0) is 16.0 Å². The predicted molar refractivity (Wildman–Crippen MR) is 109 cm³/mol. The second-order valence-electron chi connectivity index (χ2n) is 9.56. The average molecular weight is 387 g/mol. The molecular formula is C22H34N4O2. The molecule has 3 heterocycles. The molecule has 0 N–H and O–H groups in total. The fourth-order valence-electron chi connectivity index (χ4n) is 4.20. The first-order valence-corrected chi connectivity index (χ1v) is 10.5. The summed E-state index contributed by atoms with van der Waals surface area (Å²) in [6.45, 7) is 13.4. The van der Waals surface area contributed by atoms with Crippen LogP contribution in [0.3, 0.4) is 0 Å². The molecule has 6 nitrogen and oxygen atoms in total. The molecule has 1 aromatic heterocycles. The van der Waals surface area contributed by atoms with Gasteiger partial charge in [0.15, 0.2) is 0 Å². The molecule has 2 aliphatic rings. The summed E-state index contributed by atoms with van der Waals surface area (Å²) in [7, 11) is 0. The molecule has 0 aromatic carbocycles. The molecule has 2 saturated heterocycles. The lowest BCUT2D eigenvalue weighted by Gasteiger charge is -2.23. The maximum absolute atomic E-state index is 12.5. The second-order valence-corrected chi connectivity index (χ2v) is 9.56. The van der Waals surface area contributed by atoms with Crippen LogP contribution in [0, 0.1) is 19.3 Å². The minimum atomic E-state index is 0.00235. The van der Waals surface area contributed by atoms with Crippen LogP contribution in [-0.4, -0.2) is 57.8 Å². The zero-order chi connectivity index (χ0) is 20.5. The van der Waals surface area contributed by atoms with E-state index in [0.29, 0.717) is 19.4 Å². The first-order chi connectivity index (χ1) is 13.1. The Morgan fingerprint density at radius 1 is 0.964 bits per heavy atom. The number of hydrogen-bond donors (Lipinski definition) is 0. The molecular weight excluding hydrogens is 352 g/mol. The Hall–Kier alpha value is -1.98. The van der Waals surface area contributed by atoms with Crippen molar-refractivity contribution in [2.45, 2.75) is 72.6 Å². The summed E-state index contributed by atoms with van der Waals surface area (Å²) in [5.74, 6) is 1.40. The molecule has 0 saturated carbocycles. The van der Waals surface area contributed by atoms with E-state index in [1.807, 2.05) is 23.6 Å². The van der Waals surface area contributed by atoms with Crippen molar-refractivity contribution in [3.05, 3.63) is 22.8 Å². The lowest BCUT2D eigenvalue weighted by atomic mass is 9.92. The van der Waals surface area contributed by atoms with Crippen LogP contribution in [0.25, 0.3) is 0 Å². The molecule has 1 aromatic rings. The number of amides is 2. The Kier molecular flexibility index (Phi) is 6.06. The molecule has 0 spiro atoms. The first-order valence-electron chi connectivity index (χ1n) is 10.5. The molecule has 0 bridgehead atoms. The number of aromatic nitrogens is 2. The van der Waals surface area contributed by atoms with Gasteiger partial charge in [0.1, 0.15) is 5.82 Å². The normalized spacial score (nSPS) is 20.1. The minimum absolute atomic E-state index is 0.00235. The van der Waals surface area contributed by atoms with Crippen molar-refractivity contribution in [1.82, 2.24) is 19.8 Å². The van der Waals surface area contributed by atoms with Crippen molar-refractivity contribution in [2.24, 2.45) is 5.41 Å². The summed E-state index contributed by atoms with van der Waals surface area (Å²) in [5, 5.41) is 0. The Bertz CT molecular complexity index is 724. The second kappa shape index (κ2) is 8.18. The average Bonchev–Trinajstić information content (AvgIpc) is 3.27. The molecule has 0 unspecified atom stereocenters. The molecule has 0 aliphatic carbocycles. The van der Waals surface area contributed by atoms with Gasteiger partial charge in [-0.2, -0.15) is 0 Å². The summed E-state index contributed by atoms with van der Waals surface area (Å²) >= 11 is 0. The van der Waals surface area contributed by atoms with Crippen molar-refractivity contribution >= 4 is 11.8 Å².